The molecule has 1 fully saturated rings. The van der Waals surface area contributed by atoms with Gasteiger partial charge in [-0.2, -0.15) is 0 Å². The maximum absolute atomic E-state index is 15.5. The molecular formula is C37H37FO4S. The third-order valence-corrected chi connectivity index (χ3v) is 9.34. The van der Waals surface area contributed by atoms with Crippen molar-refractivity contribution in [2.75, 3.05) is 0 Å². The molecule has 4 aromatic carbocycles. The lowest BCUT2D eigenvalue weighted by Crippen LogP contribution is -2.58. The average molecular weight is 597 g/mol. The van der Waals surface area contributed by atoms with Gasteiger partial charge < -0.3 is 19.3 Å². The molecule has 1 aliphatic rings. The first-order chi connectivity index (χ1) is 20.9. The first-order valence-corrected chi connectivity index (χ1v) is 15.7. The highest BCUT2D eigenvalue weighted by Gasteiger charge is 2.52. The van der Waals surface area contributed by atoms with Gasteiger partial charge in [-0.1, -0.05) is 85.8 Å². The molecule has 1 saturated heterocycles. The molecule has 0 amide bonds. The van der Waals surface area contributed by atoms with E-state index >= 15 is 4.39 Å². The normalized spacial score (nSPS) is 22.2. The second kappa shape index (κ2) is 13.1. The fourth-order valence-electron chi connectivity index (χ4n) is 5.93. The lowest BCUT2D eigenvalue weighted by Gasteiger charge is -2.47. The minimum atomic E-state index is -1.85. The lowest BCUT2D eigenvalue weighted by atomic mass is 9.85. The van der Waals surface area contributed by atoms with E-state index in [-0.39, 0.29) is 18.5 Å². The maximum atomic E-state index is 15.5. The summed E-state index contributed by atoms with van der Waals surface area (Å²) in [6.45, 7) is 4.50. The predicted molar refractivity (Wildman–Crippen MR) is 169 cm³/mol. The van der Waals surface area contributed by atoms with Crippen LogP contribution in [0.1, 0.15) is 52.5 Å². The smallest absolute Gasteiger partial charge is 0.222 e. The Morgan fingerprint density at radius 3 is 2.21 bits per heavy atom. The second-order valence-electron chi connectivity index (χ2n) is 11.3. The molecule has 0 spiro atoms. The Bertz CT molecular complexity index is 1620. The molecule has 43 heavy (non-hydrogen) atoms. The summed E-state index contributed by atoms with van der Waals surface area (Å²) < 4.78 is 36.2. The Kier molecular flexibility index (Phi) is 9.03. The van der Waals surface area contributed by atoms with Gasteiger partial charge in [-0.25, -0.2) is 4.39 Å². The van der Waals surface area contributed by atoms with Crippen molar-refractivity contribution < 1.29 is 23.7 Å². The van der Waals surface area contributed by atoms with Crippen LogP contribution in [0.5, 0.6) is 0 Å². The molecule has 0 saturated carbocycles. The number of halogens is 1. The molecule has 0 aliphatic carbocycles. The largest absolute Gasteiger partial charge is 0.371 e. The van der Waals surface area contributed by atoms with E-state index in [9.17, 15) is 5.11 Å². The van der Waals surface area contributed by atoms with Gasteiger partial charge in [0, 0.05) is 28.0 Å². The lowest BCUT2D eigenvalue weighted by molar-refractivity contribution is -0.347. The highest BCUT2D eigenvalue weighted by Crippen LogP contribution is 2.43. The van der Waals surface area contributed by atoms with Crippen molar-refractivity contribution in [2.45, 2.75) is 70.4 Å². The van der Waals surface area contributed by atoms with Gasteiger partial charge in [0.05, 0.1) is 25.4 Å². The molecular weight excluding hydrogens is 559 g/mol. The van der Waals surface area contributed by atoms with E-state index in [4.69, 9.17) is 14.2 Å². The molecule has 2 heterocycles. The minimum absolute atomic E-state index is 0.266. The molecule has 1 aromatic heterocycles. The number of hydrogen-bond acceptors (Lipinski definition) is 5. The molecule has 1 N–H and O–H groups in total. The molecule has 1 unspecified atom stereocenters. The van der Waals surface area contributed by atoms with Crippen LogP contribution in [0.15, 0.2) is 103 Å². The summed E-state index contributed by atoms with van der Waals surface area (Å²) in [5.74, 6) is -2.15. The van der Waals surface area contributed by atoms with Crippen LogP contribution in [0.3, 0.4) is 0 Å². The molecule has 6 heteroatoms. The maximum Gasteiger partial charge on any atom is 0.222 e. The van der Waals surface area contributed by atoms with Crippen LogP contribution in [0, 0.1) is 12.7 Å². The second-order valence-corrected chi connectivity index (χ2v) is 12.5. The summed E-state index contributed by atoms with van der Waals surface area (Å²) in [6.07, 6.45) is 0.102. The van der Waals surface area contributed by atoms with Gasteiger partial charge >= 0.3 is 0 Å². The summed E-state index contributed by atoms with van der Waals surface area (Å²) in [6, 6.07) is 33.4. The first kappa shape index (κ1) is 29.7. The van der Waals surface area contributed by atoms with E-state index in [1.54, 1.807) is 17.4 Å². The molecule has 5 aromatic rings. The minimum Gasteiger partial charge on any atom is -0.371 e. The third kappa shape index (κ3) is 6.59. The summed E-state index contributed by atoms with van der Waals surface area (Å²) in [5, 5.41) is 13.7. The van der Waals surface area contributed by atoms with Crippen molar-refractivity contribution in [3.63, 3.8) is 0 Å². The number of thiophene rings is 1. The molecule has 6 rings (SSSR count). The SMILES string of the molecule is CC[C@@H]1C[C@H](OCc2ccccc2)[C@@H](OCc2ccccc2)C(O)(c2cc(Cc3cc4ccccc4s3)c(F)cc2C)O1. The summed E-state index contributed by atoms with van der Waals surface area (Å²) >= 11 is 1.66. The quantitative estimate of drug-likeness (QED) is 0.176. The molecule has 4 atom stereocenters. The zero-order valence-electron chi connectivity index (χ0n) is 24.5. The van der Waals surface area contributed by atoms with Crippen LogP contribution in [-0.4, -0.2) is 23.4 Å². The number of aryl methyl sites for hydroxylation is 1. The van der Waals surface area contributed by atoms with Gasteiger partial charge in [-0.05, 0) is 65.3 Å². The monoisotopic (exact) mass is 596 g/mol. The molecule has 0 radical (unpaired) electrons. The zero-order chi connectivity index (χ0) is 29.8. The van der Waals surface area contributed by atoms with Crippen molar-refractivity contribution in [2.24, 2.45) is 0 Å². The van der Waals surface area contributed by atoms with Gasteiger partial charge in [-0.15, -0.1) is 11.3 Å². The average Bonchev–Trinajstić information content (AvgIpc) is 3.44. The van der Waals surface area contributed by atoms with Crippen molar-refractivity contribution in [3.8, 4) is 0 Å². The van der Waals surface area contributed by atoms with E-state index in [2.05, 4.69) is 18.2 Å². The van der Waals surface area contributed by atoms with E-state index in [0.29, 0.717) is 42.6 Å². The highest BCUT2D eigenvalue weighted by atomic mass is 32.1. The van der Waals surface area contributed by atoms with Crippen molar-refractivity contribution in [3.05, 3.63) is 142 Å². The fourth-order valence-corrected chi connectivity index (χ4v) is 7.02. The predicted octanol–water partition coefficient (Wildman–Crippen LogP) is 8.45. The van der Waals surface area contributed by atoms with E-state index in [1.165, 1.54) is 6.07 Å². The summed E-state index contributed by atoms with van der Waals surface area (Å²) in [7, 11) is 0. The van der Waals surface area contributed by atoms with Crippen LogP contribution in [0.4, 0.5) is 4.39 Å². The topological polar surface area (TPSA) is 47.9 Å². The summed E-state index contributed by atoms with van der Waals surface area (Å²) in [4.78, 5) is 1.05. The Balaban J connectivity index is 1.36. The van der Waals surface area contributed by atoms with Gasteiger partial charge in [0.25, 0.3) is 0 Å². The van der Waals surface area contributed by atoms with Crippen LogP contribution in [0.2, 0.25) is 0 Å². The van der Waals surface area contributed by atoms with Crippen LogP contribution in [0.25, 0.3) is 10.1 Å². The van der Waals surface area contributed by atoms with Crippen LogP contribution in [-0.2, 0) is 39.6 Å². The standard InChI is InChI=1S/C37H37FO4S/c1-3-30-22-34(40-23-26-12-6-4-7-13-26)36(41-24-27-14-8-5-9-15-27)37(39,42-30)32-21-29(33(38)18-25(32)2)20-31-19-28-16-10-11-17-35(28)43-31/h4-19,21,30,34,36,39H,3,20,22-24H2,1-2H3/t30-,34+,36-,37?/m1/s1. The fraction of sp³-hybridized carbons (Fsp3) is 0.297. The Morgan fingerprint density at radius 1 is 0.884 bits per heavy atom. The van der Waals surface area contributed by atoms with Gasteiger partial charge in [0.1, 0.15) is 11.9 Å². The molecule has 0 bridgehead atoms. The van der Waals surface area contributed by atoms with Gasteiger partial charge in [-0.3, -0.25) is 0 Å². The van der Waals surface area contributed by atoms with Crippen molar-refractivity contribution in [1.82, 2.24) is 0 Å². The van der Waals surface area contributed by atoms with E-state index in [0.717, 1.165) is 26.1 Å². The number of benzene rings is 4. The first-order valence-electron chi connectivity index (χ1n) is 14.9. The number of aliphatic hydroxyl groups is 1. The Labute approximate surface area is 256 Å². The highest BCUT2D eigenvalue weighted by molar-refractivity contribution is 7.19. The Hall–Kier alpha value is -3.39. The van der Waals surface area contributed by atoms with Crippen molar-refractivity contribution >= 4 is 21.4 Å². The van der Waals surface area contributed by atoms with Crippen LogP contribution < -0.4 is 0 Å². The molecule has 4 nitrogen and oxygen atoms in total. The van der Waals surface area contributed by atoms with E-state index in [1.807, 2.05) is 86.6 Å². The van der Waals surface area contributed by atoms with Gasteiger partial charge in [0.15, 0.2) is 0 Å². The van der Waals surface area contributed by atoms with E-state index < -0.39 is 18.0 Å². The Morgan fingerprint density at radius 2 is 1.53 bits per heavy atom. The number of ether oxygens (including phenoxy) is 3. The van der Waals surface area contributed by atoms with Crippen LogP contribution >= 0.6 is 11.3 Å². The van der Waals surface area contributed by atoms with Gasteiger partial charge in [0.2, 0.25) is 5.79 Å². The van der Waals surface area contributed by atoms with Crippen molar-refractivity contribution in [1.29, 1.82) is 0 Å². The summed E-state index contributed by atoms with van der Waals surface area (Å²) in [5.41, 5.74) is 3.63. The number of fused-ring (bicyclic) bond motifs is 1. The number of rotatable bonds is 10. The number of hydrogen-bond donors (Lipinski definition) is 1. The molecule has 1 aliphatic heterocycles. The third-order valence-electron chi connectivity index (χ3n) is 8.22. The molecule has 222 valence electrons. The zero-order valence-corrected chi connectivity index (χ0v) is 25.4.